The topological polar surface area (TPSA) is 91.2 Å². The van der Waals surface area contributed by atoms with E-state index in [0.29, 0.717) is 13.1 Å². The van der Waals surface area contributed by atoms with Gasteiger partial charge in [-0.05, 0) is 47.6 Å². The van der Waals surface area contributed by atoms with E-state index in [0.717, 1.165) is 64.0 Å². The molecule has 1 aliphatic rings. The fourth-order valence-electron chi connectivity index (χ4n) is 5.04. The van der Waals surface area contributed by atoms with Crippen molar-refractivity contribution in [2.24, 2.45) is 0 Å². The van der Waals surface area contributed by atoms with Crippen LogP contribution < -0.4 is 10.8 Å². The molecule has 1 aromatic carbocycles. The third-order valence-electron chi connectivity index (χ3n) is 7.04. The average molecular weight is 489 g/mol. The Balaban J connectivity index is 1.21. The number of fused-ring (bicyclic) bond motifs is 2. The Kier molecular flexibility index (Phi) is 6.18. The molecule has 184 valence electrons. The zero-order chi connectivity index (χ0) is 25.2. The molecular formula is C28H28BN7O. The first-order chi connectivity index (χ1) is 18.2. The number of para-hydroxylation sites is 1. The standard InChI is InChI=1S/C28H28BN7O/c29-23-17-33-36-26(32-15-19-5-3-11-30-14-19)13-25(34-28(23)36)21-6-4-12-35(18-21)27(37)10-9-20-16-31-24-8-2-1-7-22(20)24/h1-3,5,7-11,13-14,16-17,21,31-32H,4,6,12,15,18,29H2/b10-9+. The number of rotatable bonds is 6. The normalized spacial score (nSPS) is 16.1. The van der Waals surface area contributed by atoms with Crippen molar-refractivity contribution in [3.63, 3.8) is 0 Å². The Morgan fingerprint density at radius 3 is 3.03 bits per heavy atom. The molecule has 5 aromatic rings. The van der Waals surface area contributed by atoms with E-state index in [9.17, 15) is 4.79 Å². The zero-order valence-electron chi connectivity index (χ0n) is 20.8. The molecule has 8 nitrogen and oxygen atoms in total. The largest absolute Gasteiger partial charge is 0.366 e. The molecule has 4 aromatic heterocycles. The number of benzene rings is 1. The Hall–Kier alpha value is -4.40. The maximum Gasteiger partial charge on any atom is 0.246 e. The van der Waals surface area contributed by atoms with Crippen LogP contribution >= 0.6 is 0 Å². The van der Waals surface area contributed by atoms with Gasteiger partial charge < -0.3 is 15.2 Å². The zero-order valence-corrected chi connectivity index (χ0v) is 20.8. The summed E-state index contributed by atoms with van der Waals surface area (Å²) < 4.78 is 1.85. The SMILES string of the molecule is Bc1cnn2c(NCc3cccnc3)cc(C3CCCN(C(=O)/C=C/c4c[nH]c5ccccc45)C3)nc12. The van der Waals surface area contributed by atoms with E-state index >= 15 is 0 Å². The van der Waals surface area contributed by atoms with E-state index in [1.165, 1.54) is 0 Å². The van der Waals surface area contributed by atoms with Crippen LogP contribution in [0.25, 0.3) is 22.6 Å². The molecule has 37 heavy (non-hydrogen) atoms. The van der Waals surface area contributed by atoms with Crippen LogP contribution in [-0.4, -0.2) is 56.3 Å². The summed E-state index contributed by atoms with van der Waals surface area (Å²) in [4.78, 5) is 27.5. The van der Waals surface area contributed by atoms with E-state index in [1.54, 1.807) is 12.3 Å². The molecule has 1 amide bonds. The van der Waals surface area contributed by atoms with Crippen molar-refractivity contribution in [1.82, 2.24) is 29.5 Å². The minimum Gasteiger partial charge on any atom is -0.366 e. The summed E-state index contributed by atoms with van der Waals surface area (Å²) in [5, 5.41) is 9.15. The molecule has 0 saturated carbocycles. The van der Waals surface area contributed by atoms with Gasteiger partial charge in [-0.15, -0.1) is 0 Å². The van der Waals surface area contributed by atoms with Gasteiger partial charge in [0.2, 0.25) is 5.91 Å². The van der Waals surface area contributed by atoms with Crippen LogP contribution in [0.2, 0.25) is 0 Å². The van der Waals surface area contributed by atoms with E-state index in [1.807, 2.05) is 72.3 Å². The lowest BCUT2D eigenvalue weighted by atomic mass is 9.93. The minimum absolute atomic E-state index is 0.0338. The Bertz CT molecular complexity index is 1590. The quantitative estimate of drug-likeness (QED) is 0.283. The molecule has 0 radical (unpaired) electrons. The van der Waals surface area contributed by atoms with Crippen LogP contribution in [0.15, 0.2) is 73.3 Å². The molecule has 1 aliphatic heterocycles. The third-order valence-corrected chi connectivity index (χ3v) is 7.04. The number of hydrogen-bond donors (Lipinski definition) is 2. The number of nitrogens with zero attached hydrogens (tertiary/aromatic N) is 5. The summed E-state index contributed by atoms with van der Waals surface area (Å²) in [6.07, 6.45) is 13.0. The molecule has 6 rings (SSSR count). The van der Waals surface area contributed by atoms with Gasteiger partial charge in [-0.25, -0.2) is 4.98 Å². The summed E-state index contributed by atoms with van der Waals surface area (Å²) >= 11 is 0. The van der Waals surface area contributed by atoms with Crippen molar-refractivity contribution in [3.05, 3.63) is 90.1 Å². The number of aromatic amines is 1. The predicted molar refractivity (Wildman–Crippen MR) is 149 cm³/mol. The number of likely N-dealkylation sites (tertiary alicyclic amines) is 1. The van der Waals surface area contributed by atoms with Crippen molar-refractivity contribution < 1.29 is 4.79 Å². The van der Waals surface area contributed by atoms with Crippen LogP contribution in [0, 0.1) is 0 Å². The number of hydrogen-bond acceptors (Lipinski definition) is 5. The van der Waals surface area contributed by atoms with E-state index in [-0.39, 0.29) is 11.8 Å². The molecule has 5 heterocycles. The highest BCUT2D eigenvalue weighted by atomic mass is 16.2. The third kappa shape index (κ3) is 4.72. The molecule has 1 atom stereocenters. The molecule has 2 N–H and O–H groups in total. The lowest BCUT2D eigenvalue weighted by Gasteiger charge is -2.32. The molecule has 1 fully saturated rings. The van der Waals surface area contributed by atoms with Crippen molar-refractivity contribution in [2.45, 2.75) is 25.3 Å². The van der Waals surface area contributed by atoms with Crippen molar-refractivity contribution in [1.29, 1.82) is 0 Å². The van der Waals surface area contributed by atoms with Gasteiger partial charge in [0, 0.05) is 73.4 Å². The number of amides is 1. The maximum absolute atomic E-state index is 13.1. The summed E-state index contributed by atoms with van der Waals surface area (Å²) in [7, 11) is 2.02. The van der Waals surface area contributed by atoms with Crippen molar-refractivity contribution in [2.75, 3.05) is 18.4 Å². The highest BCUT2D eigenvalue weighted by Gasteiger charge is 2.26. The summed E-state index contributed by atoms with van der Waals surface area (Å²) in [6, 6.07) is 14.2. The number of aromatic nitrogens is 5. The van der Waals surface area contributed by atoms with Gasteiger partial charge in [0.05, 0.1) is 5.69 Å². The van der Waals surface area contributed by atoms with Crippen molar-refractivity contribution >= 4 is 47.7 Å². The predicted octanol–water partition coefficient (Wildman–Crippen LogP) is 2.90. The molecule has 0 spiro atoms. The molecule has 0 aliphatic carbocycles. The monoisotopic (exact) mass is 489 g/mol. The van der Waals surface area contributed by atoms with E-state index in [2.05, 4.69) is 32.5 Å². The van der Waals surface area contributed by atoms with Gasteiger partial charge in [-0.2, -0.15) is 9.61 Å². The fourth-order valence-corrected chi connectivity index (χ4v) is 5.04. The minimum atomic E-state index is 0.0338. The summed E-state index contributed by atoms with van der Waals surface area (Å²) in [5.74, 6) is 1.09. The van der Waals surface area contributed by atoms with Crippen LogP contribution in [0.3, 0.4) is 0 Å². The first-order valence-electron chi connectivity index (χ1n) is 12.7. The maximum atomic E-state index is 13.1. The second-order valence-electron chi connectivity index (χ2n) is 9.59. The van der Waals surface area contributed by atoms with Crippen LogP contribution in [0.1, 0.15) is 35.6 Å². The van der Waals surface area contributed by atoms with Gasteiger partial charge in [-0.1, -0.05) is 24.3 Å². The lowest BCUT2D eigenvalue weighted by molar-refractivity contribution is -0.127. The van der Waals surface area contributed by atoms with Gasteiger partial charge in [-0.3, -0.25) is 9.78 Å². The number of anilines is 1. The second-order valence-corrected chi connectivity index (χ2v) is 9.59. The first-order valence-corrected chi connectivity index (χ1v) is 12.7. The Morgan fingerprint density at radius 2 is 2.14 bits per heavy atom. The second kappa shape index (κ2) is 9.93. The number of pyridine rings is 1. The van der Waals surface area contributed by atoms with Gasteiger partial charge in [0.15, 0.2) is 5.65 Å². The van der Waals surface area contributed by atoms with Gasteiger partial charge in [0.1, 0.15) is 13.7 Å². The highest BCUT2D eigenvalue weighted by Crippen LogP contribution is 2.28. The fraction of sp³-hybridized carbons (Fsp3) is 0.214. The molecule has 0 bridgehead atoms. The van der Waals surface area contributed by atoms with Crippen LogP contribution in [0.5, 0.6) is 0 Å². The van der Waals surface area contributed by atoms with Crippen LogP contribution in [0.4, 0.5) is 5.82 Å². The number of carbonyl (C=O) groups excluding carboxylic acids is 1. The number of carbonyl (C=O) groups is 1. The van der Waals surface area contributed by atoms with Gasteiger partial charge in [0.25, 0.3) is 0 Å². The lowest BCUT2D eigenvalue weighted by Crippen LogP contribution is -2.38. The summed E-state index contributed by atoms with van der Waals surface area (Å²) in [6.45, 7) is 2.04. The first kappa shape index (κ1) is 23.0. The number of piperidine rings is 1. The molecule has 1 unspecified atom stereocenters. The summed E-state index contributed by atoms with van der Waals surface area (Å²) in [5.41, 5.74) is 6.03. The number of nitrogens with one attached hydrogen (secondary N) is 2. The van der Waals surface area contributed by atoms with Crippen LogP contribution in [-0.2, 0) is 11.3 Å². The Labute approximate surface area is 215 Å². The van der Waals surface area contributed by atoms with Gasteiger partial charge >= 0.3 is 0 Å². The van der Waals surface area contributed by atoms with Crippen molar-refractivity contribution in [3.8, 4) is 0 Å². The average Bonchev–Trinajstić information content (AvgIpc) is 3.54. The molecule has 9 heteroatoms. The van der Waals surface area contributed by atoms with E-state index < -0.39 is 0 Å². The Morgan fingerprint density at radius 1 is 1.22 bits per heavy atom. The molecular weight excluding hydrogens is 461 g/mol. The number of H-pyrrole nitrogens is 1. The smallest absolute Gasteiger partial charge is 0.246 e. The molecule has 1 saturated heterocycles. The van der Waals surface area contributed by atoms with E-state index in [4.69, 9.17) is 4.98 Å². The highest BCUT2D eigenvalue weighted by molar-refractivity contribution is 6.36.